The van der Waals surface area contributed by atoms with Gasteiger partial charge in [0.15, 0.2) is 0 Å². The molecule has 1 N–H and O–H groups in total. The van der Waals surface area contributed by atoms with Gasteiger partial charge in [-0.1, -0.05) is 25.7 Å². The van der Waals surface area contributed by atoms with Gasteiger partial charge in [-0.2, -0.15) is 0 Å². The van der Waals surface area contributed by atoms with Crippen molar-refractivity contribution in [2.24, 2.45) is 0 Å². The van der Waals surface area contributed by atoms with Crippen molar-refractivity contribution < 1.29 is 4.92 Å². The molecule has 1 aliphatic rings. The van der Waals surface area contributed by atoms with Crippen LogP contribution in [-0.4, -0.2) is 11.0 Å². The Morgan fingerprint density at radius 1 is 1.22 bits per heavy atom. The van der Waals surface area contributed by atoms with Crippen LogP contribution < -0.4 is 5.32 Å². The molecule has 0 amide bonds. The highest BCUT2D eigenvalue weighted by molar-refractivity contribution is 14.1. The minimum atomic E-state index is -0.350. The maximum Gasteiger partial charge on any atom is 0.270 e. The number of rotatable bonds is 3. The van der Waals surface area contributed by atoms with Gasteiger partial charge in [0.05, 0.1) is 4.92 Å². The van der Waals surface area contributed by atoms with Crippen LogP contribution in [0.4, 0.5) is 11.4 Å². The van der Waals surface area contributed by atoms with E-state index in [0.29, 0.717) is 6.04 Å². The fourth-order valence-corrected chi connectivity index (χ4v) is 3.03. The highest BCUT2D eigenvalue weighted by Crippen LogP contribution is 2.27. The number of nitrogens with one attached hydrogen (secondary N) is 1. The van der Waals surface area contributed by atoms with Gasteiger partial charge in [-0.25, -0.2) is 0 Å². The van der Waals surface area contributed by atoms with Crippen molar-refractivity contribution in [2.45, 2.75) is 44.6 Å². The Kier molecular flexibility index (Phi) is 4.79. The number of hydrogen-bond acceptors (Lipinski definition) is 3. The first-order valence-corrected chi connectivity index (χ1v) is 7.45. The maximum absolute atomic E-state index is 10.7. The molecule has 0 aliphatic heterocycles. The zero-order valence-electron chi connectivity index (χ0n) is 10.2. The molecule has 4 nitrogen and oxygen atoms in total. The lowest BCUT2D eigenvalue weighted by Gasteiger charge is -2.18. The van der Waals surface area contributed by atoms with Crippen molar-refractivity contribution in [2.75, 3.05) is 5.32 Å². The van der Waals surface area contributed by atoms with E-state index in [1.165, 1.54) is 38.5 Å². The predicted octanol–water partition coefficient (Wildman–Crippen LogP) is 4.33. The second-order valence-corrected chi connectivity index (χ2v) is 5.92. The average Bonchev–Trinajstić information content (AvgIpc) is 2.60. The van der Waals surface area contributed by atoms with E-state index in [-0.39, 0.29) is 10.6 Å². The third-order valence-corrected chi connectivity index (χ3v) is 4.27. The fourth-order valence-electron chi connectivity index (χ4n) is 2.38. The highest BCUT2D eigenvalue weighted by Gasteiger charge is 2.14. The van der Waals surface area contributed by atoms with E-state index in [1.54, 1.807) is 12.1 Å². The van der Waals surface area contributed by atoms with Gasteiger partial charge in [0, 0.05) is 27.4 Å². The molecule has 5 heteroatoms. The van der Waals surface area contributed by atoms with E-state index in [9.17, 15) is 10.1 Å². The third-order valence-electron chi connectivity index (χ3n) is 3.38. The Bertz CT molecular complexity index is 429. The first-order chi connectivity index (χ1) is 8.66. The summed E-state index contributed by atoms with van der Waals surface area (Å²) in [5.74, 6) is 0. The summed E-state index contributed by atoms with van der Waals surface area (Å²) in [7, 11) is 0. The number of nitro groups is 1. The highest BCUT2D eigenvalue weighted by atomic mass is 127. The number of nitrogens with zero attached hydrogens (tertiary/aromatic N) is 1. The zero-order chi connectivity index (χ0) is 13.0. The lowest BCUT2D eigenvalue weighted by Crippen LogP contribution is -2.18. The van der Waals surface area contributed by atoms with E-state index < -0.39 is 0 Å². The number of halogens is 1. The number of nitro benzene ring substituents is 1. The zero-order valence-corrected chi connectivity index (χ0v) is 12.4. The molecule has 18 heavy (non-hydrogen) atoms. The molecule has 0 radical (unpaired) electrons. The molecule has 0 atom stereocenters. The molecular formula is C13H17IN2O2. The SMILES string of the molecule is O=[N+]([O-])c1ccc(NC2CCCCCC2)c(I)c1. The van der Waals surface area contributed by atoms with Gasteiger partial charge in [0.25, 0.3) is 5.69 Å². The van der Waals surface area contributed by atoms with Crippen LogP contribution in [-0.2, 0) is 0 Å². The molecule has 0 spiro atoms. The lowest BCUT2D eigenvalue weighted by atomic mass is 10.1. The molecule has 2 rings (SSSR count). The standard InChI is InChI=1S/C13H17IN2O2/c14-12-9-11(16(17)18)7-8-13(12)15-10-5-3-1-2-4-6-10/h7-10,15H,1-6H2. The van der Waals surface area contributed by atoms with Crippen molar-refractivity contribution in [3.63, 3.8) is 0 Å². The van der Waals surface area contributed by atoms with Crippen LogP contribution in [0.25, 0.3) is 0 Å². The topological polar surface area (TPSA) is 55.2 Å². The Labute approximate surface area is 120 Å². The van der Waals surface area contributed by atoms with E-state index >= 15 is 0 Å². The summed E-state index contributed by atoms with van der Waals surface area (Å²) in [5, 5.41) is 14.2. The Hall–Kier alpha value is -0.850. The summed E-state index contributed by atoms with van der Waals surface area (Å²) >= 11 is 2.16. The van der Waals surface area contributed by atoms with E-state index in [0.717, 1.165) is 9.26 Å². The minimum Gasteiger partial charge on any atom is -0.381 e. The summed E-state index contributed by atoms with van der Waals surface area (Å²) in [5.41, 5.74) is 1.18. The molecule has 0 unspecified atom stereocenters. The maximum atomic E-state index is 10.7. The first-order valence-electron chi connectivity index (χ1n) is 6.37. The van der Waals surface area contributed by atoms with Crippen LogP contribution in [0.1, 0.15) is 38.5 Å². The molecular weight excluding hydrogens is 343 g/mol. The Balaban J connectivity index is 2.06. The molecule has 1 saturated carbocycles. The Morgan fingerprint density at radius 2 is 1.89 bits per heavy atom. The quantitative estimate of drug-likeness (QED) is 0.378. The molecule has 1 aromatic rings. The predicted molar refractivity (Wildman–Crippen MR) is 80.9 cm³/mol. The molecule has 0 aromatic heterocycles. The van der Waals surface area contributed by atoms with Crippen molar-refractivity contribution in [1.82, 2.24) is 0 Å². The molecule has 0 bridgehead atoms. The van der Waals surface area contributed by atoms with Gasteiger partial charge in [-0.3, -0.25) is 10.1 Å². The number of benzene rings is 1. The minimum absolute atomic E-state index is 0.158. The van der Waals surface area contributed by atoms with Crippen LogP contribution in [0.15, 0.2) is 18.2 Å². The average molecular weight is 360 g/mol. The third kappa shape index (κ3) is 3.57. The molecule has 0 saturated heterocycles. The van der Waals surface area contributed by atoms with Gasteiger partial charge in [-0.05, 0) is 41.5 Å². The largest absolute Gasteiger partial charge is 0.381 e. The van der Waals surface area contributed by atoms with E-state index in [4.69, 9.17) is 0 Å². The van der Waals surface area contributed by atoms with Crippen LogP contribution in [0.3, 0.4) is 0 Å². The number of hydrogen-bond donors (Lipinski definition) is 1. The van der Waals surface area contributed by atoms with E-state index in [2.05, 4.69) is 27.9 Å². The second kappa shape index (κ2) is 6.36. The molecule has 1 fully saturated rings. The van der Waals surface area contributed by atoms with Gasteiger partial charge in [0.2, 0.25) is 0 Å². The van der Waals surface area contributed by atoms with Crippen LogP contribution in [0.5, 0.6) is 0 Å². The van der Waals surface area contributed by atoms with Gasteiger partial charge >= 0.3 is 0 Å². The monoisotopic (exact) mass is 360 g/mol. The number of non-ortho nitro benzene ring substituents is 1. The summed E-state index contributed by atoms with van der Waals surface area (Å²) in [6.07, 6.45) is 7.62. The molecule has 1 aliphatic carbocycles. The van der Waals surface area contributed by atoms with Crippen molar-refractivity contribution in [3.8, 4) is 0 Å². The number of anilines is 1. The molecule has 1 aromatic carbocycles. The van der Waals surface area contributed by atoms with Crippen molar-refractivity contribution >= 4 is 34.0 Å². The smallest absolute Gasteiger partial charge is 0.270 e. The summed E-state index contributed by atoms with van der Waals surface area (Å²) in [6, 6.07) is 5.54. The van der Waals surface area contributed by atoms with Crippen LogP contribution in [0.2, 0.25) is 0 Å². The second-order valence-electron chi connectivity index (χ2n) is 4.75. The lowest BCUT2D eigenvalue weighted by molar-refractivity contribution is -0.384. The van der Waals surface area contributed by atoms with Gasteiger partial charge in [-0.15, -0.1) is 0 Å². The van der Waals surface area contributed by atoms with Crippen molar-refractivity contribution in [1.29, 1.82) is 0 Å². The van der Waals surface area contributed by atoms with Crippen LogP contribution >= 0.6 is 22.6 Å². The van der Waals surface area contributed by atoms with Crippen molar-refractivity contribution in [3.05, 3.63) is 31.9 Å². The summed E-state index contributed by atoms with van der Waals surface area (Å²) < 4.78 is 0.922. The van der Waals surface area contributed by atoms with E-state index in [1.807, 2.05) is 6.07 Å². The Morgan fingerprint density at radius 3 is 2.44 bits per heavy atom. The van der Waals surface area contributed by atoms with Gasteiger partial charge in [0.1, 0.15) is 0 Å². The molecule has 98 valence electrons. The van der Waals surface area contributed by atoms with Gasteiger partial charge < -0.3 is 5.32 Å². The summed E-state index contributed by atoms with van der Waals surface area (Å²) in [6.45, 7) is 0. The first kappa shape index (κ1) is 13.6. The van der Waals surface area contributed by atoms with Crippen LogP contribution in [0, 0.1) is 13.7 Å². The normalized spacial score (nSPS) is 17.2. The molecule has 0 heterocycles. The summed E-state index contributed by atoms with van der Waals surface area (Å²) in [4.78, 5) is 10.3. The fraction of sp³-hybridized carbons (Fsp3) is 0.538.